The van der Waals surface area contributed by atoms with Gasteiger partial charge in [-0.3, -0.25) is 14.2 Å². The Balaban J connectivity index is 1.46. The molecule has 4 rings (SSSR count). The summed E-state index contributed by atoms with van der Waals surface area (Å²) in [7, 11) is 3.12. The zero-order chi connectivity index (χ0) is 23.4. The van der Waals surface area contributed by atoms with Crippen LogP contribution in [0.5, 0.6) is 11.5 Å². The second-order valence-electron chi connectivity index (χ2n) is 7.16. The molecule has 0 aliphatic carbocycles. The number of hydrogen-bond donors (Lipinski definition) is 1. The van der Waals surface area contributed by atoms with E-state index in [0.29, 0.717) is 24.5 Å². The maximum absolute atomic E-state index is 14.2. The van der Waals surface area contributed by atoms with E-state index in [1.54, 1.807) is 26.4 Å². The lowest BCUT2D eigenvalue weighted by atomic mass is 10.1. The highest BCUT2D eigenvalue weighted by Crippen LogP contribution is 2.28. The predicted molar refractivity (Wildman–Crippen MR) is 118 cm³/mol. The second-order valence-corrected chi connectivity index (χ2v) is 7.16. The SMILES string of the molecule is COc1ccc(CCNC(=O)Cn2cnc3onc(-c4ccccc4F)c3c2=O)cc1OC. The average molecular weight is 452 g/mol. The molecule has 2 aromatic heterocycles. The zero-order valence-electron chi connectivity index (χ0n) is 18.0. The fourth-order valence-electron chi connectivity index (χ4n) is 3.42. The number of amides is 1. The third kappa shape index (κ3) is 4.54. The molecule has 0 bridgehead atoms. The highest BCUT2D eigenvalue weighted by molar-refractivity contribution is 5.89. The molecule has 33 heavy (non-hydrogen) atoms. The topological polar surface area (TPSA) is 108 Å². The number of aromatic nitrogens is 3. The van der Waals surface area contributed by atoms with E-state index in [2.05, 4.69) is 15.5 Å². The first-order chi connectivity index (χ1) is 16.0. The molecule has 9 nitrogen and oxygen atoms in total. The molecule has 170 valence electrons. The van der Waals surface area contributed by atoms with Crippen molar-refractivity contribution in [3.63, 3.8) is 0 Å². The number of nitrogens with one attached hydrogen (secondary N) is 1. The minimum Gasteiger partial charge on any atom is -0.493 e. The van der Waals surface area contributed by atoms with Crippen LogP contribution in [0.4, 0.5) is 4.39 Å². The van der Waals surface area contributed by atoms with Gasteiger partial charge >= 0.3 is 0 Å². The van der Waals surface area contributed by atoms with Crippen molar-refractivity contribution in [1.29, 1.82) is 0 Å². The summed E-state index contributed by atoms with van der Waals surface area (Å²) in [5.74, 6) is 0.306. The Labute approximate surface area is 187 Å². The van der Waals surface area contributed by atoms with Crippen molar-refractivity contribution in [2.75, 3.05) is 20.8 Å². The summed E-state index contributed by atoms with van der Waals surface area (Å²) in [4.78, 5) is 29.4. The van der Waals surface area contributed by atoms with Crippen molar-refractivity contribution >= 4 is 17.0 Å². The molecule has 0 saturated carbocycles. The van der Waals surface area contributed by atoms with Crippen LogP contribution in [0.15, 0.2) is 58.1 Å². The van der Waals surface area contributed by atoms with Crippen LogP contribution in [-0.2, 0) is 17.8 Å². The van der Waals surface area contributed by atoms with Crippen LogP contribution in [0.3, 0.4) is 0 Å². The quantitative estimate of drug-likeness (QED) is 0.438. The number of carbonyl (C=O) groups is 1. The van der Waals surface area contributed by atoms with Crippen LogP contribution in [0, 0.1) is 5.82 Å². The summed E-state index contributed by atoms with van der Waals surface area (Å²) in [6, 6.07) is 11.4. The average Bonchev–Trinajstić information content (AvgIpc) is 3.25. The Hall–Kier alpha value is -4.21. The number of rotatable bonds is 8. The van der Waals surface area contributed by atoms with Gasteiger partial charge < -0.3 is 19.3 Å². The van der Waals surface area contributed by atoms with Gasteiger partial charge in [0.15, 0.2) is 11.5 Å². The van der Waals surface area contributed by atoms with Gasteiger partial charge in [0.25, 0.3) is 11.3 Å². The third-order valence-electron chi connectivity index (χ3n) is 5.09. The number of benzene rings is 2. The van der Waals surface area contributed by atoms with Crippen LogP contribution < -0.4 is 20.3 Å². The molecule has 1 N–H and O–H groups in total. The fraction of sp³-hybridized carbons (Fsp3) is 0.217. The molecule has 0 atom stereocenters. The molecule has 0 radical (unpaired) electrons. The smallest absolute Gasteiger partial charge is 0.267 e. The van der Waals surface area contributed by atoms with Gasteiger partial charge in [0.05, 0.1) is 14.2 Å². The summed E-state index contributed by atoms with van der Waals surface area (Å²) in [6.07, 6.45) is 1.76. The van der Waals surface area contributed by atoms with Crippen molar-refractivity contribution in [3.8, 4) is 22.8 Å². The number of methoxy groups -OCH3 is 2. The molecule has 0 saturated heterocycles. The van der Waals surface area contributed by atoms with Crippen LogP contribution in [0.1, 0.15) is 5.56 Å². The Morgan fingerprint density at radius 2 is 1.94 bits per heavy atom. The van der Waals surface area contributed by atoms with E-state index >= 15 is 0 Å². The van der Waals surface area contributed by atoms with Gasteiger partial charge in [-0.25, -0.2) is 9.37 Å². The van der Waals surface area contributed by atoms with Gasteiger partial charge in [-0.2, -0.15) is 0 Å². The minimum atomic E-state index is -0.547. The van der Waals surface area contributed by atoms with Crippen LogP contribution in [0.2, 0.25) is 0 Å². The van der Waals surface area contributed by atoms with E-state index in [9.17, 15) is 14.0 Å². The van der Waals surface area contributed by atoms with E-state index in [1.807, 2.05) is 12.1 Å². The minimum absolute atomic E-state index is 0.0146. The molecule has 0 aliphatic heterocycles. The summed E-state index contributed by atoms with van der Waals surface area (Å²) >= 11 is 0. The summed E-state index contributed by atoms with van der Waals surface area (Å²) in [5.41, 5.74) is 0.543. The number of halogens is 1. The molecule has 4 aromatic rings. The van der Waals surface area contributed by atoms with Crippen molar-refractivity contribution in [2.24, 2.45) is 0 Å². The van der Waals surface area contributed by atoms with Crippen LogP contribution >= 0.6 is 0 Å². The van der Waals surface area contributed by atoms with Gasteiger partial charge in [-0.1, -0.05) is 23.4 Å². The molecular weight excluding hydrogens is 431 g/mol. The van der Waals surface area contributed by atoms with E-state index in [0.717, 1.165) is 10.1 Å². The molecule has 0 spiro atoms. The Bertz CT molecular complexity index is 1360. The second kappa shape index (κ2) is 9.51. The first-order valence-corrected chi connectivity index (χ1v) is 10.1. The number of nitrogens with zero attached hydrogens (tertiary/aromatic N) is 3. The molecule has 0 fully saturated rings. The van der Waals surface area contributed by atoms with Crippen molar-refractivity contribution in [2.45, 2.75) is 13.0 Å². The molecule has 0 unspecified atom stereocenters. The molecule has 10 heteroatoms. The number of ether oxygens (including phenoxy) is 2. The number of hydrogen-bond acceptors (Lipinski definition) is 7. The largest absolute Gasteiger partial charge is 0.493 e. The maximum Gasteiger partial charge on any atom is 0.267 e. The Morgan fingerprint density at radius 1 is 1.15 bits per heavy atom. The molecule has 2 heterocycles. The van der Waals surface area contributed by atoms with Gasteiger partial charge in [-0.15, -0.1) is 0 Å². The van der Waals surface area contributed by atoms with Gasteiger partial charge in [0.2, 0.25) is 5.91 Å². The van der Waals surface area contributed by atoms with Crippen molar-refractivity contribution < 1.29 is 23.2 Å². The standard InChI is InChI=1S/C23H21FN4O5/c1-31-17-8-7-14(11-18(17)32-2)9-10-25-19(29)12-28-13-26-22-20(23(28)30)21(27-33-22)15-5-3-4-6-16(15)24/h3-8,11,13H,9-10,12H2,1-2H3,(H,25,29). The third-order valence-corrected chi connectivity index (χ3v) is 5.09. The summed E-state index contributed by atoms with van der Waals surface area (Å²) in [5, 5.41) is 6.59. The molecular formula is C23H21FN4O5. The lowest BCUT2D eigenvalue weighted by molar-refractivity contribution is -0.121. The normalized spacial score (nSPS) is 10.9. The van der Waals surface area contributed by atoms with Gasteiger partial charge in [0.1, 0.15) is 29.8 Å². The first-order valence-electron chi connectivity index (χ1n) is 10.1. The fourth-order valence-corrected chi connectivity index (χ4v) is 3.42. The molecule has 1 amide bonds. The summed E-state index contributed by atoms with van der Waals surface area (Å²) < 4.78 is 30.9. The zero-order valence-corrected chi connectivity index (χ0v) is 18.0. The van der Waals surface area contributed by atoms with E-state index in [-0.39, 0.29) is 34.8 Å². The van der Waals surface area contributed by atoms with Gasteiger partial charge in [0, 0.05) is 12.1 Å². The molecule has 0 aliphatic rings. The van der Waals surface area contributed by atoms with Crippen molar-refractivity contribution in [3.05, 3.63) is 70.5 Å². The van der Waals surface area contributed by atoms with E-state index < -0.39 is 11.4 Å². The van der Waals surface area contributed by atoms with E-state index in [1.165, 1.54) is 24.5 Å². The Morgan fingerprint density at radius 3 is 2.70 bits per heavy atom. The number of fused-ring (bicyclic) bond motifs is 1. The van der Waals surface area contributed by atoms with Crippen molar-refractivity contribution in [1.82, 2.24) is 20.0 Å². The Kier molecular flexibility index (Phi) is 6.34. The molecule has 2 aromatic carbocycles. The van der Waals surface area contributed by atoms with E-state index in [4.69, 9.17) is 14.0 Å². The summed E-state index contributed by atoms with van der Waals surface area (Å²) in [6.45, 7) is 0.0993. The lowest BCUT2D eigenvalue weighted by Gasteiger charge is -2.10. The maximum atomic E-state index is 14.2. The first kappa shape index (κ1) is 22.0. The van der Waals surface area contributed by atoms with Crippen LogP contribution in [0.25, 0.3) is 22.4 Å². The number of carbonyl (C=O) groups excluding carboxylic acids is 1. The monoisotopic (exact) mass is 452 g/mol. The van der Waals surface area contributed by atoms with Crippen LogP contribution in [-0.4, -0.2) is 41.4 Å². The predicted octanol–water partition coefficient (Wildman–Crippen LogP) is 2.57. The highest BCUT2D eigenvalue weighted by Gasteiger charge is 2.20. The van der Waals surface area contributed by atoms with Gasteiger partial charge in [-0.05, 0) is 36.2 Å². The lowest BCUT2D eigenvalue weighted by Crippen LogP contribution is -2.33. The highest BCUT2D eigenvalue weighted by atomic mass is 19.1.